The van der Waals surface area contributed by atoms with Crippen LogP contribution >= 0.6 is 0 Å². The van der Waals surface area contributed by atoms with Crippen molar-refractivity contribution < 1.29 is 14.3 Å². The van der Waals surface area contributed by atoms with Crippen molar-refractivity contribution >= 4 is 12.2 Å². The van der Waals surface area contributed by atoms with Gasteiger partial charge in [-0.15, -0.1) is 0 Å². The summed E-state index contributed by atoms with van der Waals surface area (Å²) in [7, 11) is 3.91. The van der Waals surface area contributed by atoms with E-state index in [9.17, 15) is 4.79 Å². The van der Waals surface area contributed by atoms with E-state index >= 15 is 0 Å². The minimum Gasteiger partial charge on any atom is -0.467 e. The van der Waals surface area contributed by atoms with Gasteiger partial charge in [-0.2, -0.15) is 0 Å². The first-order valence-electron chi connectivity index (χ1n) is 13.7. The number of nitrogens with zero attached hydrogens (tertiary/aromatic N) is 4. The number of allylic oxidation sites excluding steroid dienone is 2. The van der Waals surface area contributed by atoms with Crippen LogP contribution in [-0.2, 0) is 19.8 Å². The molecule has 0 radical (unpaired) electrons. The second-order valence-corrected chi connectivity index (χ2v) is 11.2. The predicted molar refractivity (Wildman–Crippen MR) is 153 cm³/mol. The molecule has 0 amide bonds. The maximum atomic E-state index is 10.9. The number of likely N-dealkylation sites (N-methyl/N-ethyl adjacent to an activating group) is 2. The van der Waals surface area contributed by atoms with E-state index in [4.69, 9.17) is 14.5 Å². The highest BCUT2D eigenvalue weighted by atomic mass is 16.5. The Balaban J connectivity index is 2.64. The molecule has 1 aliphatic heterocycles. The highest BCUT2D eigenvalue weighted by Crippen LogP contribution is 2.43. The average Bonchev–Trinajstić information content (AvgIpc) is 2.89. The third-order valence-electron chi connectivity index (χ3n) is 7.73. The Hall–Kier alpha value is -2.38. The number of rotatable bonds is 15. The lowest BCUT2D eigenvalue weighted by Crippen LogP contribution is -2.46. The van der Waals surface area contributed by atoms with Gasteiger partial charge in [-0.25, -0.2) is 0 Å². The van der Waals surface area contributed by atoms with E-state index in [1.54, 1.807) is 7.11 Å². The summed E-state index contributed by atoms with van der Waals surface area (Å²) < 4.78 is 11.0. The predicted octanol–water partition coefficient (Wildman–Crippen LogP) is 5.54. The monoisotopic (exact) mass is 514 g/mol. The number of hydrogen-bond donors (Lipinski definition) is 0. The number of aromatic nitrogens is 1. The van der Waals surface area contributed by atoms with Crippen molar-refractivity contribution in [2.75, 3.05) is 58.4 Å². The minimum absolute atomic E-state index is 0.152. The standard InChI is InChI=1S/C30H50N4O3/c1-10-12-13-24(3)34(11-2)30(7,15-14-29(5,6)22-37-23-35)27-20-26(21-31-28(27)25(4)36-9)33-18-16-32(8)17-19-33/h12-13,20-21,23,25H,3,10-11,14-19,22H2,1-2,4-9H3/b13-12-/t25-,30+/m0/s1. The first-order chi connectivity index (χ1) is 17.5. The van der Waals surface area contributed by atoms with E-state index in [2.05, 4.69) is 88.1 Å². The largest absolute Gasteiger partial charge is 0.467 e. The number of carbonyl (C=O) groups is 1. The van der Waals surface area contributed by atoms with E-state index in [1.807, 2.05) is 6.20 Å². The van der Waals surface area contributed by atoms with Crippen LogP contribution in [0, 0.1) is 5.41 Å². The van der Waals surface area contributed by atoms with Crippen LogP contribution in [0.25, 0.3) is 0 Å². The lowest BCUT2D eigenvalue weighted by Gasteiger charge is -2.46. The van der Waals surface area contributed by atoms with Gasteiger partial charge in [0.25, 0.3) is 6.47 Å². The van der Waals surface area contributed by atoms with E-state index in [0.29, 0.717) is 13.1 Å². The molecule has 0 unspecified atom stereocenters. The zero-order valence-corrected chi connectivity index (χ0v) is 24.5. The third kappa shape index (κ3) is 8.05. The zero-order valence-electron chi connectivity index (χ0n) is 24.5. The number of anilines is 1. The Labute approximate surface area is 225 Å². The van der Waals surface area contributed by atoms with Crippen LogP contribution in [0.3, 0.4) is 0 Å². The van der Waals surface area contributed by atoms with Gasteiger partial charge in [-0.1, -0.05) is 33.4 Å². The molecular formula is C30H50N4O3. The summed E-state index contributed by atoms with van der Waals surface area (Å²) in [5.41, 5.74) is 3.68. The van der Waals surface area contributed by atoms with E-state index in [1.165, 1.54) is 5.56 Å². The molecule has 1 saturated heterocycles. The fourth-order valence-corrected chi connectivity index (χ4v) is 5.11. The molecule has 2 heterocycles. The first-order valence-corrected chi connectivity index (χ1v) is 13.7. The van der Waals surface area contributed by atoms with Gasteiger partial charge in [0.2, 0.25) is 0 Å². The summed E-state index contributed by atoms with van der Waals surface area (Å²) in [5, 5.41) is 0. The molecule has 1 aromatic rings. The number of carbonyl (C=O) groups excluding carboxylic acids is 1. The van der Waals surface area contributed by atoms with Crippen LogP contribution in [-0.4, -0.2) is 74.7 Å². The summed E-state index contributed by atoms with van der Waals surface area (Å²) in [6, 6.07) is 2.33. The zero-order chi connectivity index (χ0) is 27.6. The van der Waals surface area contributed by atoms with Crippen molar-refractivity contribution in [2.45, 2.75) is 72.4 Å². The van der Waals surface area contributed by atoms with Crippen molar-refractivity contribution in [3.63, 3.8) is 0 Å². The van der Waals surface area contributed by atoms with Crippen LogP contribution < -0.4 is 4.90 Å². The molecule has 0 aromatic carbocycles. The van der Waals surface area contributed by atoms with Crippen LogP contribution in [0.15, 0.2) is 36.7 Å². The van der Waals surface area contributed by atoms with Gasteiger partial charge in [-0.3, -0.25) is 9.78 Å². The van der Waals surface area contributed by atoms with Crippen LogP contribution in [0.4, 0.5) is 5.69 Å². The van der Waals surface area contributed by atoms with Crippen molar-refractivity contribution in [3.05, 3.63) is 47.9 Å². The van der Waals surface area contributed by atoms with Crippen LogP contribution in [0.1, 0.15) is 78.2 Å². The molecule has 208 valence electrons. The molecule has 1 fully saturated rings. The summed E-state index contributed by atoms with van der Waals surface area (Å²) >= 11 is 0. The minimum atomic E-state index is -0.403. The molecule has 0 saturated carbocycles. The molecule has 2 atom stereocenters. The Morgan fingerprint density at radius 3 is 2.46 bits per heavy atom. The molecule has 2 rings (SSSR count). The van der Waals surface area contributed by atoms with Crippen molar-refractivity contribution in [1.29, 1.82) is 0 Å². The molecule has 7 heteroatoms. The van der Waals surface area contributed by atoms with Gasteiger partial charge in [0, 0.05) is 51.1 Å². The average molecular weight is 515 g/mol. The Morgan fingerprint density at radius 1 is 1.22 bits per heavy atom. The van der Waals surface area contributed by atoms with Gasteiger partial charge >= 0.3 is 0 Å². The number of methoxy groups -OCH3 is 1. The fraction of sp³-hybridized carbons (Fsp3) is 0.667. The first kappa shape index (κ1) is 30.8. The van der Waals surface area contributed by atoms with Gasteiger partial charge in [0.1, 0.15) is 0 Å². The quantitative estimate of drug-likeness (QED) is 0.225. The van der Waals surface area contributed by atoms with E-state index in [0.717, 1.165) is 69.1 Å². The highest BCUT2D eigenvalue weighted by Gasteiger charge is 2.39. The second-order valence-electron chi connectivity index (χ2n) is 11.2. The van der Waals surface area contributed by atoms with E-state index in [-0.39, 0.29) is 11.5 Å². The summed E-state index contributed by atoms with van der Waals surface area (Å²) in [5.74, 6) is 0. The molecule has 0 aliphatic carbocycles. The number of hydrogen-bond acceptors (Lipinski definition) is 7. The Morgan fingerprint density at radius 2 is 1.89 bits per heavy atom. The second kappa shape index (κ2) is 14.0. The molecule has 0 spiro atoms. The maximum absolute atomic E-state index is 10.9. The van der Waals surface area contributed by atoms with E-state index < -0.39 is 5.54 Å². The smallest absolute Gasteiger partial charge is 0.293 e. The normalized spacial score (nSPS) is 17.5. The molecule has 0 bridgehead atoms. The van der Waals surface area contributed by atoms with Crippen LogP contribution in [0.5, 0.6) is 0 Å². The molecule has 1 aromatic heterocycles. The Kier molecular flexibility index (Phi) is 11.6. The Bertz CT molecular complexity index is 908. The topological polar surface area (TPSA) is 58.1 Å². The number of pyridine rings is 1. The summed E-state index contributed by atoms with van der Waals surface area (Å²) in [4.78, 5) is 23.1. The third-order valence-corrected chi connectivity index (χ3v) is 7.73. The number of ether oxygens (including phenoxy) is 2. The lowest BCUT2D eigenvalue weighted by atomic mass is 9.77. The summed E-state index contributed by atoms with van der Waals surface area (Å²) in [6.07, 6.45) is 8.79. The highest BCUT2D eigenvalue weighted by molar-refractivity contribution is 5.51. The SMILES string of the molecule is C=C(/C=C\CC)N(CC)[C@](C)(CCC(C)(C)COC=O)c1cc(N2CCN(C)CC2)cnc1[C@H](C)OC. The fourth-order valence-electron chi connectivity index (χ4n) is 5.11. The van der Waals surface area contributed by atoms with Crippen molar-refractivity contribution in [3.8, 4) is 0 Å². The van der Waals surface area contributed by atoms with Gasteiger partial charge in [0.05, 0.1) is 35.8 Å². The molecule has 37 heavy (non-hydrogen) atoms. The lowest BCUT2D eigenvalue weighted by molar-refractivity contribution is -0.131. The molecular weight excluding hydrogens is 464 g/mol. The number of piperazine rings is 1. The van der Waals surface area contributed by atoms with Gasteiger partial charge < -0.3 is 24.2 Å². The summed E-state index contributed by atoms with van der Waals surface area (Å²) in [6.45, 7) is 23.2. The van der Waals surface area contributed by atoms with Crippen molar-refractivity contribution in [2.24, 2.45) is 5.41 Å². The molecule has 7 nitrogen and oxygen atoms in total. The molecule has 1 aliphatic rings. The van der Waals surface area contributed by atoms with Crippen LogP contribution in [0.2, 0.25) is 0 Å². The maximum Gasteiger partial charge on any atom is 0.293 e. The van der Waals surface area contributed by atoms with Gasteiger partial charge in [0.15, 0.2) is 0 Å². The van der Waals surface area contributed by atoms with Crippen molar-refractivity contribution in [1.82, 2.24) is 14.8 Å². The molecule has 0 N–H and O–H groups in total. The van der Waals surface area contributed by atoms with Gasteiger partial charge in [-0.05, 0) is 64.6 Å².